The number of hydrogen-bond donors (Lipinski definition) is 1. The maximum absolute atomic E-state index is 8.83. The van der Waals surface area contributed by atoms with Crippen molar-refractivity contribution >= 4 is 11.8 Å². The summed E-state index contributed by atoms with van der Waals surface area (Å²) >= 11 is 0. The van der Waals surface area contributed by atoms with Gasteiger partial charge < -0.3 is 14.9 Å². The highest BCUT2D eigenvalue weighted by Crippen LogP contribution is 2.13. The van der Waals surface area contributed by atoms with Gasteiger partial charge in [-0.3, -0.25) is 0 Å². The third kappa shape index (κ3) is 3.34. The summed E-state index contributed by atoms with van der Waals surface area (Å²) in [5, 5.41) is 8.83. The average Bonchev–Trinajstić information content (AvgIpc) is 2.30. The summed E-state index contributed by atoms with van der Waals surface area (Å²) in [7, 11) is 3.84. The highest BCUT2D eigenvalue weighted by atomic mass is 16.3. The van der Waals surface area contributed by atoms with Gasteiger partial charge in [-0.25, -0.2) is 4.98 Å². The summed E-state index contributed by atoms with van der Waals surface area (Å²) in [5.74, 6) is 1.62. The van der Waals surface area contributed by atoms with Crippen LogP contribution in [0.25, 0.3) is 0 Å². The maximum atomic E-state index is 8.83. The van der Waals surface area contributed by atoms with Gasteiger partial charge in [0.15, 0.2) is 0 Å². The first-order valence-electron chi connectivity index (χ1n) is 5.55. The van der Waals surface area contributed by atoms with E-state index in [9.17, 15) is 0 Å². The molecule has 90 valence electrons. The minimum atomic E-state index is 0.210. The number of aliphatic hydroxyl groups excluding tert-OH is 1. The van der Waals surface area contributed by atoms with Crippen molar-refractivity contribution in [2.75, 3.05) is 43.6 Å². The molecule has 0 aliphatic rings. The predicted molar refractivity (Wildman–Crippen MR) is 65.9 cm³/mol. The normalized spacial score (nSPS) is 10.2. The lowest BCUT2D eigenvalue weighted by atomic mass is 10.4. The van der Waals surface area contributed by atoms with Gasteiger partial charge >= 0.3 is 0 Å². The molecule has 0 saturated carbocycles. The lowest BCUT2D eigenvalue weighted by Gasteiger charge is -2.22. The molecule has 0 aromatic carbocycles. The van der Waals surface area contributed by atoms with Crippen molar-refractivity contribution in [1.82, 2.24) is 9.97 Å². The fourth-order valence-electron chi connectivity index (χ4n) is 1.43. The summed E-state index contributed by atoms with van der Waals surface area (Å²) in [6, 6.07) is 1.90. The third-order valence-electron chi connectivity index (χ3n) is 2.32. The Labute approximate surface area is 96.7 Å². The molecule has 0 amide bonds. The predicted octanol–water partition coefficient (Wildman–Crippen LogP) is 0.751. The molecule has 1 rings (SSSR count). The van der Waals surface area contributed by atoms with E-state index in [2.05, 4.69) is 21.8 Å². The van der Waals surface area contributed by atoms with Crippen molar-refractivity contribution in [3.05, 3.63) is 12.3 Å². The van der Waals surface area contributed by atoms with Crippen LogP contribution in [-0.4, -0.2) is 48.9 Å². The quantitative estimate of drug-likeness (QED) is 0.773. The van der Waals surface area contributed by atoms with Crippen molar-refractivity contribution in [2.24, 2.45) is 0 Å². The van der Waals surface area contributed by atoms with E-state index < -0.39 is 0 Å². The Hall–Kier alpha value is -1.36. The van der Waals surface area contributed by atoms with Crippen molar-refractivity contribution in [3.8, 4) is 0 Å². The van der Waals surface area contributed by atoms with Gasteiger partial charge in [-0.15, -0.1) is 0 Å². The van der Waals surface area contributed by atoms with Crippen LogP contribution in [0.3, 0.4) is 0 Å². The molecule has 0 bridgehead atoms. The van der Waals surface area contributed by atoms with Crippen LogP contribution in [0.4, 0.5) is 11.8 Å². The van der Waals surface area contributed by atoms with E-state index >= 15 is 0 Å². The van der Waals surface area contributed by atoms with Crippen molar-refractivity contribution in [3.63, 3.8) is 0 Å². The zero-order valence-corrected chi connectivity index (χ0v) is 10.2. The molecule has 16 heavy (non-hydrogen) atoms. The highest BCUT2D eigenvalue weighted by Gasteiger charge is 2.07. The van der Waals surface area contributed by atoms with E-state index in [-0.39, 0.29) is 6.61 Å². The molecule has 0 saturated heterocycles. The number of hydrogen-bond acceptors (Lipinski definition) is 5. The first-order valence-corrected chi connectivity index (χ1v) is 5.55. The molecule has 5 heteroatoms. The molecule has 1 N–H and O–H groups in total. The lowest BCUT2D eigenvalue weighted by Crippen LogP contribution is -2.26. The van der Waals surface area contributed by atoms with Crippen molar-refractivity contribution in [1.29, 1.82) is 0 Å². The van der Waals surface area contributed by atoms with Gasteiger partial charge in [0.05, 0.1) is 0 Å². The molecule has 0 aliphatic carbocycles. The van der Waals surface area contributed by atoms with Crippen LogP contribution in [0.15, 0.2) is 12.3 Å². The summed E-state index contributed by atoms with van der Waals surface area (Å²) in [6.45, 7) is 3.98. The van der Waals surface area contributed by atoms with E-state index in [4.69, 9.17) is 5.11 Å². The molecule has 0 fully saturated rings. The minimum Gasteiger partial charge on any atom is -0.396 e. The van der Waals surface area contributed by atoms with Gasteiger partial charge in [0.2, 0.25) is 5.95 Å². The molecular formula is C11H20N4O. The average molecular weight is 224 g/mol. The fourth-order valence-corrected chi connectivity index (χ4v) is 1.43. The van der Waals surface area contributed by atoms with Crippen LogP contribution < -0.4 is 9.80 Å². The Morgan fingerprint density at radius 1 is 1.38 bits per heavy atom. The molecule has 1 aromatic rings. The first-order chi connectivity index (χ1) is 7.69. The Morgan fingerprint density at radius 2 is 2.12 bits per heavy atom. The second-order valence-corrected chi connectivity index (χ2v) is 3.77. The van der Waals surface area contributed by atoms with Gasteiger partial charge in [0.1, 0.15) is 5.82 Å². The topological polar surface area (TPSA) is 52.5 Å². The SMILES string of the molecule is CCN(CCCO)c1ccnc(N(C)C)n1. The number of aliphatic hydroxyl groups is 1. The lowest BCUT2D eigenvalue weighted by molar-refractivity contribution is 0.289. The molecule has 5 nitrogen and oxygen atoms in total. The molecule has 0 spiro atoms. The minimum absolute atomic E-state index is 0.210. The van der Waals surface area contributed by atoms with Gasteiger partial charge in [0, 0.05) is 40.0 Å². The van der Waals surface area contributed by atoms with Crippen LogP contribution >= 0.6 is 0 Å². The molecule has 0 unspecified atom stereocenters. The van der Waals surface area contributed by atoms with Gasteiger partial charge in [-0.2, -0.15) is 4.98 Å². The Bertz CT molecular complexity index is 317. The van der Waals surface area contributed by atoms with Crippen LogP contribution in [-0.2, 0) is 0 Å². The summed E-state index contributed by atoms with van der Waals surface area (Å²) < 4.78 is 0. The van der Waals surface area contributed by atoms with Gasteiger partial charge in [0.25, 0.3) is 0 Å². The third-order valence-corrected chi connectivity index (χ3v) is 2.32. The smallest absolute Gasteiger partial charge is 0.226 e. The number of nitrogens with zero attached hydrogens (tertiary/aromatic N) is 4. The van der Waals surface area contributed by atoms with E-state index in [0.29, 0.717) is 5.95 Å². The van der Waals surface area contributed by atoms with Crippen LogP contribution in [0, 0.1) is 0 Å². The number of anilines is 2. The van der Waals surface area contributed by atoms with E-state index in [1.165, 1.54) is 0 Å². The van der Waals surface area contributed by atoms with Crippen LogP contribution in [0.5, 0.6) is 0 Å². The summed E-state index contributed by atoms with van der Waals surface area (Å²) in [5.41, 5.74) is 0. The first kappa shape index (κ1) is 12.7. The zero-order chi connectivity index (χ0) is 12.0. The Balaban J connectivity index is 2.79. The second kappa shape index (κ2) is 6.27. The van der Waals surface area contributed by atoms with Crippen molar-refractivity contribution in [2.45, 2.75) is 13.3 Å². The maximum Gasteiger partial charge on any atom is 0.226 e. The Morgan fingerprint density at radius 3 is 2.69 bits per heavy atom. The Kier molecular flexibility index (Phi) is 4.98. The van der Waals surface area contributed by atoms with Crippen LogP contribution in [0.1, 0.15) is 13.3 Å². The molecule has 0 atom stereocenters. The van der Waals surface area contributed by atoms with Gasteiger partial charge in [-0.1, -0.05) is 0 Å². The van der Waals surface area contributed by atoms with E-state index in [0.717, 1.165) is 25.3 Å². The van der Waals surface area contributed by atoms with E-state index in [1.54, 1.807) is 6.20 Å². The zero-order valence-electron chi connectivity index (χ0n) is 10.2. The fraction of sp³-hybridized carbons (Fsp3) is 0.636. The molecule has 1 heterocycles. The summed E-state index contributed by atoms with van der Waals surface area (Å²) in [4.78, 5) is 12.6. The standard InChI is InChI=1S/C11H20N4O/c1-4-15(8-5-9-16)10-6-7-12-11(13-10)14(2)3/h6-7,16H,4-5,8-9H2,1-3H3. The molecule has 0 aliphatic heterocycles. The second-order valence-electron chi connectivity index (χ2n) is 3.77. The van der Waals surface area contributed by atoms with Crippen molar-refractivity contribution < 1.29 is 5.11 Å². The molecule has 1 aromatic heterocycles. The highest BCUT2D eigenvalue weighted by molar-refractivity contribution is 5.42. The number of rotatable bonds is 6. The monoisotopic (exact) mass is 224 g/mol. The largest absolute Gasteiger partial charge is 0.396 e. The van der Waals surface area contributed by atoms with Gasteiger partial charge in [-0.05, 0) is 19.4 Å². The van der Waals surface area contributed by atoms with E-state index in [1.807, 2.05) is 25.1 Å². The molecule has 0 radical (unpaired) electrons. The van der Waals surface area contributed by atoms with Crippen LogP contribution in [0.2, 0.25) is 0 Å². The summed E-state index contributed by atoms with van der Waals surface area (Å²) in [6.07, 6.45) is 2.52. The molecular weight excluding hydrogens is 204 g/mol. The number of aromatic nitrogens is 2.